The first-order chi connectivity index (χ1) is 15.5. The predicted molar refractivity (Wildman–Crippen MR) is 118 cm³/mol. The molecule has 0 radical (unpaired) electrons. The van der Waals surface area contributed by atoms with Gasteiger partial charge in [-0.25, -0.2) is 13.9 Å². The molecule has 8 nitrogen and oxygen atoms in total. The van der Waals surface area contributed by atoms with Gasteiger partial charge in [0.2, 0.25) is 0 Å². The molecule has 1 fully saturated rings. The average Bonchev–Trinajstić information content (AvgIpc) is 3.21. The fourth-order valence-electron chi connectivity index (χ4n) is 3.68. The molecular formula is C23H24FN5O3. The topological polar surface area (TPSA) is 93.7 Å². The van der Waals surface area contributed by atoms with E-state index < -0.39 is 5.97 Å². The number of anilines is 2. The number of esters is 1. The molecular weight excluding hydrogens is 413 g/mol. The normalized spacial score (nSPS) is 13.8. The van der Waals surface area contributed by atoms with Crippen molar-refractivity contribution in [3.63, 3.8) is 0 Å². The van der Waals surface area contributed by atoms with Gasteiger partial charge >= 0.3 is 5.97 Å². The molecule has 3 aromatic rings. The van der Waals surface area contributed by atoms with Gasteiger partial charge in [0.15, 0.2) is 0 Å². The van der Waals surface area contributed by atoms with E-state index in [-0.39, 0.29) is 29.7 Å². The van der Waals surface area contributed by atoms with E-state index in [1.54, 1.807) is 48.2 Å². The Balaban J connectivity index is 1.41. The van der Waals surface area contributed by atoms with E-state index in [0.29, 0.717) is 37.4 Å². The average molecular weight is 437 g/mol. The molecule has 32 heavy (non-hydrogen) atoms. The Morgan fingerprint density at radius 3 is 2.25 bits per heavy atom. The van der Waals surface area contributed by atoms with E-state index in [9.17, 15) is 14.0 Å². The number of halogens is 1. The fourth-order valence-corrected chi connectivity index (χ4v) is 3.68. The van der Waals surface area contributed by atoms with Crippen LogP contribution in [-0.2, 0) is 4.74 Å². The molecule has 2 heterocycles. The number of nitrogens with zero attached hydrogens (tertiary/aromatic N) is 4. The summed E-state index contributed by atoms with van der Waals surface area (Å²) < 4.78 is 19.5. The van der Waals surface area contributed by atoms with Crippen LogP contribution in [0, 0.1) is 5.82 Å². The molecule has 1 aliphatic rings. The van der Waals surface area contributed by atoms with Gasteiger partial charge in [-0.1, -0.05) is 0 Å². The maximum Gasteiger partial charge on any atom is 0.343 e. The second-order valence-corrected chi connectivity index (χ2v) is 7.38. The molecule has 4 rings (SSSR count). The highest BCUT2D eigenvalue weighted by Crippen LogP contribution is 2.21. The number of benzene rings is 2. The Hall–Kier alpha value is -3.88. The molecule has 1 amide bonds. The molecule has 1 saturated heterocycles. The summed E-state index contributed by atoms with van der Waals surface area (Å²) in [6.07, 6.45) is 1.37. The highest BCUT2D eigenvalue weighted by Gasteiger charge is 2.23. The van der Waals surface area contributed by atoms with E-state index in [1.807, 2.05) is 0 Å². The SMILES string of the molecule is CCOC(=O)c1cnn(-c2ccc(C(=O)N3CCN(c4ccc(F)cc4)CC3)cc2)c1N. The molecule has 166 valence electrons. The lowest BCUT2D eigenvalue weighted by molar-refractivity contribution is 0.0527. The Labute approximate surface area is 185 Å². The van der Waals surface area contributed by atoms with E-state index in [1.165, 1.54) is 23.0 Å². The van der Waals surface area contributed by atoms with Crippen LogP contribution in [0.1, 0.15) is 27.6 Å². The molecule has 1 aromatic heterocycles. The molecule has 2 aromatic carbocycles. The van der Waals surface area contributed by atoms with Crippen LogP contribution in [0.2, 0.25) is 0 Å². The number of rotatable bonds is 5. The van der Waals surface area contributed by atoms with Gasteiger partial charge in [0.1, 0.15) is 17.2 Å². The Kier molecular flexibility index (Phi) is 6.07. The molecule has 0 bridgehead atoms. The third kappa shape index (κ3) is 4.27. The standard InChI is InChI=1S/C23H24FN5O3/c1-2-32-23(31)20-15-26-29(21(20)25)19-7-3-16(4-8-19)22(30)28-13-11-27(12-14-28)18-9-5-17(24)6-10-18/h3-10,15H,2,11-14,25H2,1H3. The number of piperazine rings is 1. The number of aromatic nitrogens is 2. The van der Waals surface area contributed by atoms with Gasteiger partial charge in [0.05, 0.1) is 18.5 Å². The van der Waals surface area contributed by atoms with Crippen molar-refractivity contribution >= 4 is 23.4 Å². The van der Waals surface area contributed by atoms with Crippen LogP contribution in [0.3, 0.4) is 0 Å². The zero-order valence-corrected chi connectivity index (χ0v) is 17.7. The van der Waals surface area contributed by atoms with Crippen molar-refractivity contribution in [2.24, 2.45) is 0 Å². The van der Waals surface area contributed by atoms with Crippen LogP contribution >= 0.6 is 0 Å². The maximum absolute atomic E-state index is 13.1. The number of hydrogen-bond acceptors (Lipinski definition) is 6. The summed E-state index contributed by atoms with van der Waals surface area (Å²) in [4.78, 5) is 28.8. The van der Waals surface area contributed by atoms with E-state index in [2.05, 4.69) is 10.00 Å². The summed E-state index contributed by atoms with van der Waals surface area (Å²) in [5.41, 5.74) is 8.39. The molecule has 2 N–H and O–H groups in total. The smallest absolute Gasteiger partial charge is 0.343 e. The van der Waals surface area contributed by atoms with E-state index in [4.69, 9.17) is 10.5 Å². The third-order valence-corrected chi connectivity index (χ3v) is 5.42. The van der Waals surface area contributed by atoms with Crippen LogP contribution in [0.5, 0.6) is 0 Å². The van der Waals surface area contributed by atoms with Crippen molar-refractivity contribution < 1.29 is 18.7 Å². The molecule has 1 aliphatic heterocycles. The lowest BCUT2D eigenvalue weighted by atomic mass is 10.1. The Morgan fingerprint density at radius 2 is 1.62 bits per heavy atom. The molecule has 0 saturated carbocycles. The highest BCUT2D eigenvalue weighted by molar-refractivity contribution is 5.95. The lowest BCUT2D eigenvalue weighted by Gasteiger charge is -2.36. The van der Waals surface area contributed by atoms with Gasteiger partial charge in [-0.15, -0.1) is 0 Å². The summed E-state index contributed by atoms with van der Waals surface area (Å²) in [5.74, 6) is -0.668. The molecule has 0 unspecified atom stereocenters. The predicted octanol–water partition coefficient (Wildman–Crippen LogP) is 2.73. The van der Waals surface area contributed by atoms with Crippen molar-refractivity contribution in [2.75, 3.05) is 43.4 Å². The molecule has 0 atom stereocenters. The van der Waals surface area contributed by atoms with Gasteiger partial charge in [-0.2, -0.15) is 5.10 Å². The first kappa shape index (κ1) is 21.4. The second-order valence-electron chi connectivity index (χ2n) is 7.38. The van der Waals surface area contributed by atoms with Crippen molar-refractivity contribution in [2.45, 2.75) is 6.92 Å². The summed E-state index contributed by atoms with van der Waals surface area (Å²) in [6, 6.07) is 13.3. The minimum Gasteiger partial charge on any atom is -0.462 e. The number of nitrogens with two attached hydrogens (primary N) is 1. The fraction of sp³-hybridized carbons (Fsp3) is 0.261. The van der Waals surface area contributed by atoms with Crippen molar-refractivity contribution in [3.05, 3.63) is 71.7 Å². The third-order valence-electron chi connectivity index (χ3n) is 5.42. The van der Waals surface area contributed by atoms with Crippen molar-refractivity contribution in [3.8, 4) is 5.69 Å². The number of nitrogen functional groups attached to an aromatic ring is 1. The lowest BCUT2D eigenvalue weighted by Crippen LogP contribution is -2.48. The number of amides is 1. The summed E-state index contributed by atoms with van der Waals surface area (Å²) in [5, 5.41) is 4.16. The zero-order chi connectivity index (χ0) is 22.7. The molecule has 9 heteroatoms. The van der Waals surface area contributed by atoms with Gasteiger partial charge in [-0.05, 0) is 55.5 Å². The molecule has 0 aliphatic carbocycles. The zero-order valence-electron chi connectivity index (χ0n) is 17.7. The summed E-state index contributed by atoms with van der Waals surface area (Å²) in [6.45, 7) is 4.47. The first-order valence-corrected chi connectivity index (χ1v) is 10.4. The van der Waals surface area contributed by atoms with Crippen LogP contribution in [-0.4, -0.2) is 59.3 Å². The van der Waals surface area contributed by atoms with Crippen LogP contribution < -0.4 is 10.6 Å². The van der Waals surface area contributed by atoms with Crippen LogP contribution in [0.25, 0.3) is 5.69 Å². The maximum atomic E-state index is 13.1. The van der Waals surface area contributed by atoms with Crippen LogP contribution in [0.4, 0.5) is 15.9 Å². The van der Waals surface area contributed by atoms with Gasteiger partial charge < -0.3 is 20.3 Å². The van der Waals surface area contributed by atoms with Gasteiger partial charge in [0.25, 0.3) is 5.91 Å². The summed E-state index contributed by atoms with van der Waals surface area (Å²) >= 11 is 0. The summed E-state index contributed by atoms with van der Waals surface area (Å²) in [7, 11) is 0. The largest absolute Gasteiger partial charge is 0.462 e. The number of ether oxygens (including phenoxy) is 1. The highest BCUT2D eigenvalue weighted by atomic mass is 19.1. The van der Waals surface area contributed by atoms with Crippen molar-refractivity contribution in [1.82, 2.24) is 14.7 Å². The van der Waals surface area contributed by atoms with E-state index in [0.717, 1.165) is 5.69 Å². The second kappa shape index (κ2) is 9.09. The van der Waals surface area contributed by atoms with E-state index >= 15 is 0 Å². The Bertz CT molecular complexity index is 1100. The quantitative estimate of drug-likeness (QED) is 0.617. The van der Waals surface area contributed by atoms with Gasteiger partial charge in [0, 0.05) is 37.4 Å². The monoisotopic (exact) mass is 437 g/mol. The molecule has 0 spiro atoms. The minimum absolute atomic E-state index is 0.0593. The minimum atomic E-state index is -0.525. The van der Waals surface area contributed by atoms with Crippen LogP contribution in [0.15, 0.2) is 54.7 Å². The Morgan fingerprint density at radius 1 is 1.00 bits per heavy atom. The number of hydrogen-bond donors (Lipinski definition) is 1. The van der Waals surface area contributed by atoms with Crippen molar-refractivity contribution in [1.29, 1.82) is 0 Å². The number of carbonyl (C=O) groups is 2. The van der Waals surface area contributed by atoms with Gasteiger partial charge in [-0.3, -0.25) is 4.79 Å². The number of carbonyl (C=O) groups excluding carboxylic acids is 2. The first-order valence-electron chi connectivity index (χ1n) is 10.4.